The van der Waals surface area contributed by atoms with Crippen molar-refractivity contribution in [2.24, 2.45) is 0 Å². The van der Waals surface area contributed by atoms with Crippen LogP contribution in [0.4, 0.5) is 18.9 Å². The van der Waals surface area contributed by atoms with Gasteiger partial charge in [0.05, 0.1) is 11.1 Å². The Bertz CT molecular complexity index is 806. The van der Waals surface area contributed by atoms with E-state index in [1.807, 2.05) is 0 Å². The Morgan fingerprint density at radius 3 is 2.46 bits per heavy atom. The average Bonchev–Trinajstić information content (AvgIpc) is 2.63. The number of carbonyl (C=O) groups excluding carboxylic acids is 1. The summed E-state index contributed by atoms with van der Waals surface area (Å²) in [6.07, 6.45) is -2.68. The summed E-state index contributed by atoms with van der Waals surface area (Å²) in [7, 11) is 2.06. The monoisotopic (exact) mass is 414 g/mol. The molecule has 28 heavy (non-hydrogen) atoms. The summed E-state index contributed by atoms with van der Waals surface area (Å²) < 4.78 is 45.2. The van der Waals surface area contributed by atoms with Crippen molar-refractivity contribution in [1.82, 2.24) is 4.90 Å². The Morgan fingerprint density at radius 2 is 1.79 bits per heavy atom. The maximum Gasteiger partial charge on any atom is 0.417 e. The van der Waals surface area contributed by atoms with E-state index >= 15 is 0 Å². The SMILES string of the molecule is CN1CCC(Oc2cccc(NC(=O)c3ccccc3C(F)(F)F)c2)CC1.Cl. The van der Waals surface area contributed by atoms with E-state index in [0.717, 1.165) is 38.1 Å². The number of benzene rings is 2. The average molecular weight is 415 g/mol. The highest BCUT2D eigenvalue weighted by atomic mass is 35.5. The van der Waals surface area contributed by atoms with Gasteiger partial charge in [0.2, 0.25) is 0 Å². The van der Waals surface area contributed by atoms with E-state index in [2.05, 4.69) is 17.3 Å². The van der Waals surface area contributed by atoms with Gasteiger partial charge in [0.15, 0.2) is 0 Å². The predicted molar refractivity (Wildman–Crippen MR) is 104 cm³/mol. The van der Waals surface area contributed by atoms with Gasteiger partial charge in [-0.1, -0.05) is 18.2 Å². The molecule has 4 nitrogen and oxygen atoms in total. The lowest BCUT2D eigenvalue weighted by atomic mass is 10.1. The van der Waals surface area contributed by atoms with Gasteiger partial charge in [-0.05, 0) is 44.2 Å². The summed E-state index contributed by atoms with van der Waals surface area (Å²) in [6.45, 7) is 1.91. The van der Waals surface area contributed by atoms with Gasteiger partial charge in [-0.2, -0.15) is 13.2 Å². The number of nitrogens with one attached hydrogen (secondary N) is 1. The van der Waals surface area contributed by atoms with E-state index < -0.39 is 23.2 Å². The molecule has 1 heterocycles. The molecule has 0 bridgehead atoms. The Balaban J connectivity index is 0.00000280. The molecule has 1 aliphatic rings. The zero-order valence-electron chi connectivity index (χ0n) is 15.3. The minimum absolute atomic E-state index is 0. The summed E-state index contributed by atoms with van der Waals surface area (Å²) in [5.41, 5.74) is -0.977. The molecule has 0 aromatic heterocycles. The van der Waals surface area contributed by atoms with Gasteiger partial charge in [-0.15, -0.1) is 12.4 Å². The second-order valence-electron chi connectivity index (χ2n) is 6.65. The highest BCUT2D eigenvalue weighted by molar-refractivity contribution is 6.05. The van der Waals surface area contributed by atoms with Crippen molar-refractivity contribution in [3.8, 4) is 5.75 Å². The van der Waals surface area contributed by atoms with E-state index in [1.165, 1.54) is 12.1 Å². The standard InChI is InChI=1S/C20H21F3N2O2.ClH/c1-25-11-9-15(10-12-25)27-16-6-4-5-14(13-16)24-19(26)17-7-2-3-8-18(17)20(21,22)23;/h2-8,13,15H,9-12H2,1H3,(H,24,26);1H. The van der Waals surface area contributed by atoms with E-state index in [4.69, 9.17) is 4.74 Å². The molecule has 1 N–H and O–H groups in total. The number of amides is 1. The fourth-order valence-corrected chi connectivity index (χ4v) is 3.07. The highest BCUT2D eigenvalue weighted by Crippen LogP contribution is 2.32. The van der Waals surface area contributed by atoms with Crippen LogP contribution in [-0.2, 0) is 6.18 Å². The molecule has 2 aromatic carbocycles. The predicted octanol–water partition coefficient (Wildman–Crippen LogP) is 4.85. The number of nitrogens with zero attached hydrogens (tertiary/aromatic N) is 1. The second kappa shape index (κ2) is 9.30. The third-order valence-corrected chi connectivity index (χ3v) is 4.54. The first-order valence-corrected chi connectivity index (χ1v) is 8.76. The van der Waals surface area contributed by atoms with E-state index in [-0.39, 0.29) is 18.5 Å². The molecule has 8 heteroatoms. The van der Waals surface area contributed by atoms with Crippen LogP contribution >= 0.6 is 12.4 Å². The molecule has 0 atom stereocenters. The Hall–Kier alpha value is -2.25. The third kappa shape index (κ3) is 5.62. The van der Waals surface area contributed by atoms with Gasteiger partial charge >= 0.3 is 6.18 Å². The highest BCUT2D eigenvalue weighted by Gasteiger charge is 2.34. The number of ether oxygens (including phenoxy) is 1. The zero-order chi connectivity index (χ0) is 19.4. The van der Waals surface area contributed by atoms with Gasteiger partial charge in [-0.3, -0.25) is 4.79 Å². The van der Waals surface area contributed by atoms with Crippen molar-refractivity contribution < 1.29 is 22.7 Å². The van der Waals surface area contributed by atoms with Gasteiger partial charge in [0.25, 0.3) is 5.91 Å². The minimum atomic E-state index is -4.59. The molecular weight excluding hydrogens is 393 g/mol. The lowest BCUT2D eigenvalue weighted by Gasteiger charge is -2.29. The van der Waals surface area contributed by atoms with Crippen molar-refractivity contribution in [3.05, 3.63) is 59.7 Å². The number of halogens is 4. The molecular formula is C20H22ClF3N2O2. The van der Waals surface area contributed by atoms with Crippen molar-refractivity contribution in [3.63, 3.8) is 0 Å². The largest absolute Gasteiger partial charge is 0.490 e. The molecule has 1 fully saturated rings. The number of alkyl halides is 3. The van der Waals surface area contributed by atoms with E-state index in [1.54, 1.807) is 24.3 Å². The minimum Gasteiger partial charge on any atom is -0.490 e. The number of rotatable bonds is 4. The molecule has 1 aliphatic heterocycles. The third-order valence-electron chi connectivity index (χ3n) is 4.54. The van der Waals surface area contributed by atoms with Crippen molar-refractivity contribution in [1.29, 1.82) is 0 Å². The number of piperidine rings is 1. The van der Waals surface area contributed by atoms with Gasteiger partial charge in [-0.25, -0.2) is 0 Å². The van der Waals surface area contributed by atoms with Crippen LogP contribution in [0.5, 0.6) is 5.75 Å². The molecule has 0 spiro atoms. The van der Waals surface area contributed by atoms with Crippen LogP contribution in [0.15, 0.2) is 48.5 Å². The molecule has 1 amide bonds. The number of anilines is 1. The Labute approximate surface area is 168 Å². The van der Waals surface area contributed by atoms with Gasteiger partial charge in [0.1, 0.15) is 11.9 Å². The molecule has 0 radical (unpaired) electrons. The number of carbonyl (C=O) groups is 1. The first-order valence-electron chi connectivity index (χ1n) is 8.76. The van der Waals surface area contributed by atoms with Crippen LogP contribution < -0.4 is 10.1 Å². The maximum absolute atomic E-state index is 13.1. The van der Waals surface area contributed by atoms with Crippen LogP contribution in [0.3, 0.4) is 0 Å². The van der Waals surface area contributed by atoms with Crippen LogP contribution in [0.1, 0.15) is 28.8 Å². The van der Waals surface area contributed by atoms with Gasteiger partial charge in [0, 0.05) is 24.8 Å². The molecule has 152 valence electrons. The van der Waals surface area contributed by atoms with Crippen molar-refractivity contribution >= 4 is 24.0 Å². The quantitative estimate of drug-likeness (QED) is 0.777. The summed E-state index contributed by atoms with van der Waals surface area (Å²) in [5, 5.41) is 2.53. The lowest BCUT2D eigenvalue weighted by Crippen LogP contribution is -2.35. The molecule has 0 aliphatic carbocycles. The molecule has 1 saturated heterocycles. The lowest BCUT2D eigenvalue weighted by molar-refractivity contribution is -0.137. The normalized spacial score (nSPS) is 15.6. The van der Waals surface area contributed by atoms with E-state index in [0.29, 0.717) is 11.4 Å². The molecule has 0 saturated carbocycles. The second-order valence-corrected chi connectivity index (χ2v) is 6.65. The number of likely N-dealkylation sites (tertiary alicyclic amines) is 1. The van der Waals surface area contributed by atoms with Gasteiger partial charge < -0.3 is 15.0 Å². The maximum atomic E-state index is 13.1. The van der Waals surface area contributed by atoms with E-state index in [9.17, 15) is 18.0 Å². The van der Waals surface area contributed by atoms with Crippen molar-refractivity contribution in [2.45, 2.75) is 25.1 Å². The smallest absolute Gasteiger partial charge is 0.417 e. The van der Waals surface area contributed by atoms with Crippen LogP contribution in [0, 0.1) is 0 Å². The van der Waals surface area contributed by atoms with Crippen LogP contribution in [-0.4, -0.2) is 37.0 Å². The first-order chi connectivity index (χ1) is 12.8. The summed E-state index contributed by atoms with van der Waals surface area (Å²) in [4.78, 5) is 14.6. The first kappa shape index (κ1) is 22.0. The summed E-state index contributed by atoms with van der Waals surface area (Å²) >= 11 is 0. The topological polar surface area (TPSA) is 41.6 Å². The molecule has 2 aromatic rings. The summed E-state index contributed by atoms with van der Waals surface area (Å²) in [6, 6.07) is 11.5. The Morgan fingerprint density at radius 1 is 1.11 bits per heavy atom. The number of hydrogen-bond acceptors (Lipinski definition) is 3. The fraction of sp³-hybridized carbons (Fsp3) is 0.350. The van der Waals surface area contributed by atoms with Crippen LogP contribution in [0.25, 0.3) is 0 Å². The number of hydrogen-bond donors (Lipinski definition) is 1. The Kier molecular flexibility index (Phi) is 7.32. The molecule has 0 unspecified atom stereocenters. The summed E-state index contributed by atoms with van der Waals surface area (Å²) in [5.74, 6) is -0.217. The van der Waals surface area contributed by atoms with Crippen LogP contribution in [0.2, 0.25) is 0 Å². The van der Waals surface area contributed by atoms with Crippen molar-refractivity contribution in [2.75, 3.05) is 25.5 Å². The fourth-order valence-electron chi connectivity index (χ4n) is 3.07. The zero-order valence-corrected chi connectivity index (χ0v) is 16.1. The molecule has 3 rings (SSSR count).